The average Bonchev–Trinajstić information content (AvgIpc) is 3.06. The van der Waals surface area contributed by atoms with E-state index in [1.54, 1.807) is 31.2 Å². The number of benzene rings is 1. The maximum atomic E-state index is 12.6. The first-order valence-electron chi connectivity index (χ1n) is 11.0. The van der Waals surface area contributed by atoms with Crippen molar-refractivity contribution < 1.29 is 14.4 Å². The molecule has 4 rings (SSSR count). The molecule has 1 unspecified atom stereocenters. The van der Waals surface area contributed by atoms with Crippen LogP contribution in [0.2, 0.25) is 0 Å². The van der Waals surface area contributed by atoms with Gasteiger partial charge < -0.3 is 15.5 Å². The monoisotopic (exact) mass is 436 g/mol. The van der Waals surface area contributed by atoms with E-state index < -0.39 is 17.9 Å². The van der Waals surface area contributed by atoms with Gasteiger partial charge in [0.1, 0.15) is 11.9 Å². The number of amides is 3. The third-order valence-electron chi connectivity index (χ3n) is 5.82. The Hall–Kier alpha value is -3.49. The Morgan fingerprint density at radius 3 is 2.34 bits per heavy atom. The van der Waals surface area contributed by atoms with Gasteiger partial charge in [0.05, 0.1) is 11.1 Å². The molecular formula is C23H28N6O3. The van der Waals surface area contributed by atoms with E-state index in [9.17, 15) is 14.4 Å². The molecule has 1 aromatic heterocycles. The van der Waals surface area contributed by atoms with Gasteiger partial charge in [0.15, 0.2) is 0 Å². The molecule has 2 aromatic rings. The molecule has 168 valence electrons. The molecule has 1 fully saturated rings. The number of nitrogens with zero attached hydrogens (tertiary/aromatic N) is 4. The lowest BCUT2D eigenvalue weighted by Gasteiger charge is -2.28. The molecule has 2 aliphatic heterocycles. The molecule has 3 amide bonds. The number of fused-ring (bicyclic) bond motifs is 1. The Labute approximate surface area is 187 Å². The minimum absolute atomic E-state index is 0.308. The van der Waals surface area contributed by atoms with E-state index >= 15 is 0 Å². The summed E-state index contributed by atoms with van der Waals surface area (Å²) >= 11 is 0. The number of aromatic nitrogens is 2. The van der Waals surface area contributed by atoms with Crippen LogP contribution >= 0.6 is 0 Å². The van der Waals surface area contributed by atoms with Crippen molar-refractivity contribution in [1.82, 2.24) is 20.2 Å². The number of anilines is 2. The van der Waals surface area contributed by atoms with E-state index in [4.69, 9.17) is 0 Å². The third-order valence-corrected chi connectivity index (χ3v) is 5.82. The van der Waals surface area contributed by atoms with E-state index in [0.29, 0.717) is 30.2 Å². The Morgan fingerprint density at radius 1 is 1.03 bits per heavy atom. The number of carbonyl (C=O) groups excluding carboxylic acids is 3. The number of nitrogens with one attached hydrogen (secondary N) is 2. The van der Waals surface area contributed by atoms with Crippen molar-refractivity contribution in [2.75, 3.05) is 36.4 Å². The number of aryl methyl sites for hydroxylation is 1. The van der Waals surface area contributed by atoms with Crippen molar-refractivity contribution in [3.05, 3.63) is 47.2 Å². The third kappa shape index (κ3) is 4.42. The lowest BCUT2D eigenvalue weighted by atomic mass is 10.1. The first-order valence-corrected chi connectivity index (χ1v) is 11.0. The van der Waals surface area contributed by atoms with Crippen molar-refractivity contribution in [3.8, 4) is 0 Å². The van der Waals surface area contributed by atoms with Gasteiger partial charge in [0, 0.05) is 37.9 Å². The van der Waals surface area contributed by atoms with Crippen molar-refractivity contribution in [2.24, 2.45) is 0 Å². The average molecular weight is 437 g/mol. The fourth-order valence-electron chi connectivity index (χ4n) is 4.10. The number of piperidine rings is 1. The van der Waals surface area contributed by atoms with Gasteiger partial charge in [-0.05, 0) is 45.2 Å². The van der Waals surface area contributed by atoms with E-state index in [0.717, 1.165) is 29.5 Å². The zero-order valence-corrected chi connectivity index (χ0v) is 18.4. The molecule has 0 spiro atoms. The van der Waals surface area contributed by atoms with Crippen LogP contribution in [0, 0.1) is 6.92 Å². The molecule has 9 heteroatoms. The van der Waals surface area contributed by atoms with E-state index in [2.05, 4.69) is 25.5 Å². The number of carbonyl (C=O) groups is 3. The molecule has 2 N–H and O–H groups in total. The van der Waals surface area contributed by atoms with Gasteiger partial charge in [-0.15, -0.1) is 0 Å². The number of hydrogen-bond donors (Lipinski definition) is 2. The van der Waals surface area contributed by atoms with Crippen molar-refractivity contribution in [1.29, 1.82) is 0 Å². The zero-order valence-electron chi connectivity index (χ0n) is 18.4. The van der Waals surface area contributed by atoms with Crippen LogP contribution in [0.25, 0.3) is 0 Å². The van der Waals surface area contributed by atoms with Crippen molar-refractivity contribution >= 4 is 29.5 Å². The Bertz CT molecular complexity index is 999. The summed E-state index contributed by atoms with van der Waals surface area (Å²) in [6, 6.07) is 7.70. The van der Waals surface area contributed by atoms with Crippen molar-refractivity contribution in [2.45, 2.75) is 39.2 Å². The first-order chi connectivity index (χ1) is 15.5. The molecule has 1 saturated heterocycles. The highest BCUT2D eigenvalue weighted by atomic mass is 16.2. The Morgan fingerprint density at radius 2 is 1.69 bits per heavy atom. The maximum Gasteiger partial charge on any atom is 0.262 e. The van der Waals surface area contributed by atoms with Crippen LogP contribution in [-0.2, 0) is 4.79 Å². The normalized spacial score (nSPS) is 16.7. The summed E-state index contributed by atoms with van der Waals surface area (Å²) in [5, 5.41) is 5.93. The number of rotatable bonds is 7. The summed E-state index contributed by atoms with van der Waals surface area (Å²) < 4.78 is 0. The molecule has 0 radical (unpaired) electrons. The topological polar surface area (TPSA) is 108 Å². The highest BCUT2D eigenvalue weighted by molar-refractivity contribution is 6.22. The predicted octanol–water partition coefficient (Wildman–Crippen LogP) is 1.99. The zero-order chi connectivity index (χ0) is 22.7. The van der Waals surface area contributed by atoms with Gasteiger partial charge in [-0.3, -0.25) is 19.3 Å². The van der Waals surface area contributed by atoms with Gasteiger partial charge in [-0.2, -0.15) is 4.98 Å². The van der Waals surface area contributed by atoms with E-state index in [1.165, 1.54) is 19.3 Å². The van der Waals surface area contributed by atoms with Crippen LogP contribution in [-0.4, -0.2) is 64.8 Å². The largest absolute Gasteiger partial charge is 0.356 e. The molecule has 32 heavy (non-hydrogen) atoms. The highest BCUT2D eigenvalue weighted by Crippen LogP contribution is 2.24. The standard InChI is InChI=1S/C23H28N6O3/c1-15-14-19(28-12-6-3-7-13-28)27-23(26-15)25-11-10-24-20(30)16(2)29-21(31)17-8-4-5-9-18(17)22(29)32/h4-5,8-9,14,16H,3,6-7,10-13H2,1-2H3,(H,24,30)(H,25,26,27). The summed E-state index contributed by atoms with van der Waals surface area (Å²) in [5.74, 6) is 0.172. The van der Waals surface area contributed by atoms with Crippen LogP contribution < -0.4 is 15.5 Å². The van der Waals surface area contributed by atoms with Gasteiger partial charge >= 0.3 is 0 Å². The Kier molecular flexibility index (Phi) is 6.34. The van der Waals surface area contributed by atoms with Crippen LogP contribution in [0.4, 0.5) is 11.8 Å². The van der Waals surface area contributed by atoms with Gasteiger partial charge in [0.2, 0.25) is 11.9 Å². The number of hydrogen-bond acceptors (Lipinski definition) is 7. The summed E-state index contributed by atoms with van der Waals surface area (Å²) in [7, 11) is 0. The van der Waals surface area contributed by atoms with Crippen LogP contribution in [0.3, 0.4) is 0 Å². The molecule has 1 atom stereocenters. The molecular weight excluding hydrogens is 408 g/mol. The summed E-state index contributed by atoms with van der Waals surface area (Å²) in [6.45, 7) is 6.22. The van der Waals surface area contributed by atoms with Crippen molar-refractivity contribution in [3.63, 3.8) is 0 Å². The molecule has 3 heterocycles. The fraction of sp³-hybridized carbons (Fsp3) is 0.435. The van der Waals surface area contributed by atoms with Gasteiger partial charge in [-0.1, -0.05) is 12.1 Å². The molecule has 1 aromatic carbocycles. The minimum Gasteiger partial charge on any atom is -0.356 e. The van der Waals surface area contributed by atoms with Crippen LogP contribution in [0.15, 0.2) is 30.3 Å². The van der Waals surface area contributed by atoms with Gasteiger partial charge in [-0.25, -0.2) is 4.98 Å². The van der Waals surface area contributed by atoms with E-state index in [-0.39, 0.29) is 5.91 Å². The lowest BCUT2D eigenvalue weighted by molar-refractivity contribution is -0.124. The smallest absolute Gasteiger partial charge is 0.262 e. The lowest BCUT2D eigenvalue weighted by Crippen LogP contribution is -2.48. The molecule has 0 bridgehead atoms. The second-order valence-corrected chi connectivity index (χ2v) is 8.16. The molecule has 0 aliphatic carbocycles. The summed E-state index contributed by atoms with van der Waals surface area (Å²) in [5.41, 5.74) is 1.55. The Balaban J connectivity index is 1.30. The molecule has 9 nitrogen and oxygen atoms in total. The second kappa shape index (κ2) is 9.33. The highest BCUT2D eigenvalue weighted by Gasteiger charge is 2.40. The van der Waals surface area contributed by atoms with Crippen LogP contribution in [0.1, 0.15) is 52.6 Å². The number of imide groups is 1. The predicted molar refractivity (Wildman–Crippen MR) is 121 cm³/mol. The quantitative estimate of drug-likeness (QED) is 0.505. The fourth-order valence-corrected chi connectivity index (χ4v) is 4.10. The van der Waals surface area contributed by atoms with Gasteiger partial charge in [0.25, 0.3) is 11.8 Å². The minimum atomic E-state index is -0.900. The summed E-state index contributed by atoms with van der Waals surface area (Å²) in [4.78, 5) is 50.0. The van der Waals surface area contributed by atoms with E-state index in [1.807, 2.05) is 13.0 Å². The van der Waals surface area contributed by atoms with Crippen LogP contribution in [0.5, 0.6) is 0 Å². The SMILES string of the molecule is Cc1cc(N2CCCCC2)nc(NCCNC(=O)C(C)N2C(=O)c3ccccc3C2=O)n1. The maximum absolute atomic E-state index is 12.6. The first kappa shape index (κ1) is 21.7. The second-order valence-electron chi connectivity index (χ2n) is 8.16. The molecule has 2 aliphatic rings. The summed E-state index contributed by atoms with van der Waals surface area (Å²) in [6.07, 6.45) is 3.59. The molecule has 0 saturated carbocycles.